The summed E-state index contributed by atoms with van der Waals surface area (Å²) in [6.07, 6.45) is 0.636. The van der Waals surface area contributed by atoms with Gasteiger partial charge in [0.05, 0.1) is 10.7 Å². The van der Waals surface area contributed by atoms with Crippen molar-refractivity contribution in [2.75, 3.05) is 5.32 Å². The Balaban J connectivity index is 1.98. The quantitative estimate of drug-likeness (QED) is 0.848. The van der Waals surface area contributed by atoms with Crippen LogP contribution >= 0.6 is 11.6 Å². The molecule has 0 aromatic heterocycles. The number of anilines is 1. The van der Waals surface area contributed by atoms with E-state index in [2.05, 4.69) is 5.32 Å². The van der Waals surface area contributed by atoms with Crippen molar-refractivity contribution in [2.45, 2.75) is 25.9 Å². The van der Waals surface area contributed by atoms with E-state index in [1.54, 1.807) is 18.2 Å². The zero-order chi connectivity index (χ0) is 15.7. The van der Waals surface area contributed by atoms with Gasteiger partial charge >= 0.3 is 0 Å². The molecule has 1 aliphatic heterocycles. The Hall–Kier alpha value is -1.84. The number of para-hydroxylation sites is 1. The second-order valence-electron chi connectivity index (χ2n) is 5.39. The van der Waals surface area contributed by atoms with Gasteiger partial charge in [-0.3, -0.25) is 0 Å². The summed E-state index contributed by atoms with van der Waals surface area (Å²) in [5.41, 5.74) is 4.40. The Kier molecular flexibility index (Phi) is 4.19. The van der Waals surface area contributed by atoms with E-state index in [4.69, 9.17) is 11.6 Å². The van der Waals surface area contributed by atoms with E-state index >= 15 is 0 Å². The van der Waals surface area contributed by atoms with Crippen LogP contribution in [0.2, 0.25) is 5.02 Å². The van der Waals surface area contributed by atoms with E-state index in [0.29, 0.717) is 11.4 Å². The first-order chi connectivity index (χ1) is 10.6. The summed E-state index contributed by atoms with van der Waals surface area (Å²) in [7, 11) is 0. The minimum absolute atomic E-state index is 0.257. The van der Waals surface area contributed by atoms with Crippen molar-refractivity contribution >= 4 is 17.3 Å². The van der Waals surface area contributed by atoms with Crippen LogP contribution in [0.3, 0.4) is 0 Å². The van der Waals surface area contributed by atoms with Crippen LogP contribution in [-0.2, 0) is 6.42 Å². The highest BCUT2D eigenvalue weighted by Crippen LogP contribution is 2.41. The van der Waals surface area contributed by atoms with E-state index in [1.807, 2.05) is 19.1 Å². The molecule has 2 aromatic rings. The normalized spacial score (nSPS) is 17.2. The predicted molar refractivity (Wildman–Crippen MR) is 87.5 cm³/mol. The van der Waals surface area contributed by atoms with Crippen molar-refractivity contribution in [1.29, 1.82) is 0 Å². The summed E-state index contributed by atoms with van der Waals surface area (Å²) in [5, 5.41) is 14.7. The molecule has 2 nitrogen and oxygen atoms in total. The van der Waals surface area contributed by atoms with Gasteiger partial charge in [-0.1, -0.05) is 42.8 Å². The molecule has 0 amide bonds. The van der Waals surface area contributed by atoms with Crippen molar-refractivity contribution in [3.63, 3.8) is 0 Å². The standard InChI is InChI=1S/C18H17ClFNO/c1-2-16-14(10-11-6-8-12(20)9-7-11)18(22)13-4-3-5-15(19)17(13)21-16/h3-9,18,21-22H,2,10H2,1H3. The van der Waals surface area contributed by atoms with E-state index in [9.17, 15) is 9.50 Å². The molecular weight excluding hydrogens is 301 g/mol. The lowest BCUT2D eigenvalue weighted by Crippen LogP contribution is -2.19. The molecular formula is C18H17ClFNO. The van der Waals surface area contributed by atoms with Gasteiger partial charge in [-0.2, -0.15) is 0 Å². The van der Waals surface area contributed by atoms with Crippen LogP contribution in [0.5, 0.6) is 0 Å². The van der Waals surface area contributed by atoms with Gasteiger partial charge in [0.25, 0.3) is 0 Å². The molecule has 2 N–H and O–H groups in total. The third kappa shape index (κ3) is 2.74. The van der Waals surface area contributed by atoms with Crippen LogP contribution in [0.4, 0.5) is 10.1 Å². The summed E-state index contributed by atoms with van der Waals surface area (Å²) in [6, 6.07) is 11.9. The average molecular weight is 318 g/mol. The van der Waals surface area contributed by atoms with Gasteiger partial charge in [-0.25, -0.2) is 4.39 Å². The average Bonchev–Trinajstić information content (AvgIpc) is 2.52. The van der Waals surface area contributed by atoms with Crippen LogP contribution in [0.25, 0.3) is 0 Å². The molecule has 114 valence electrons. The van der Waals surface area contributed by atoms with Gasteiger partial charge < -0.3 is 10.4 Å². The van der Waals surface area contributed by atoms with Crippen molar-refractivity contribution < 1.29 is 9.50 Å². The van der Waals surface area contributed by atoms with Gasteiger partial charge in [0, 0.05) is 11.3 Å². The minimum Gasteiger partial charge on any atom is -0.384 e. The number of allylic oxidation sites excluding steroid dienone is 1. The van der Waals surface area contributed by atoms with E-state index < -0.39 is 6.10 Å². The molecule has 0 radical (unpaired) electrons. The number of benzene rings is 2. The Morgan fingerprint density at radius 1 is 1.18 bits per heavy atom. The molecule has 0 aliphatic carbocycles. The summed E-state index contributed by atoms with van der Waals surface area (Å²) in [6.45, 7) is 2.03. The largest absolute Gasteiger partial charge is 0.384 e. The minimum atomic E-state index is -0.699. The Bertz CT molecular complexity index is 724. The van der Waals surface area contributed by atoms with Crippen LogP contribution < -0.4 is 5.32 Å². The molecule has 1 heterocycles. The first kappa shape index (κ1) is 15.1. The summed E-state index contributed by atoms with van der Waals surface area (Å²) < 4.78 is 13.0. The molecule has 0 fully saturated rings. The molecule has 0 spiro atoms. The molecule has 1 unspecified atom stereocenters. The third-order valence-electron chi connectivity index (χ3n) is 4.00. The SMILES string of the molecule is CCC1=C(Cc2ccc(F)cc2)C(O)c2cccc(Cl)c2N1. The number of hydrogen-bond donors (Lipinski definition) is 2. The predicted octanol–water partition coefficient (Wildman–Crippen LogP) is 4.84. The van der Waals surface area contributed by atoms with Gasteiger partial charge in [-0.15, -0.1) is 0 Å². The maximum atomic E-state index is 13.0. The molecule has 1 aliphatic rings. The highest BCUT2D eigenvalue weighted by Gasteiger charge is 2.26. The first-order valence-electron chi connectivity index (χ1n) is 7.30. The number of rotatable bonds is 3. The van der Waals surface area contributed by atoms with Gasteiger partial charge in [0.1, 0.15) is 11.9 Å². The molecule has 22 heavy (non-hydrogen) atoms. The Labute approximate surface area is 134 Å². The lowest BCUT2D eigenvalue weighted by atomic mass is 9.89. The third-order valence-corrected chi connectivity index (χ3v) is 4.31. The summed E-state index contributed by atoms with van der Waals surface area (Å²) in [4.78, 5) is 0. The molecule has 2 aromatic carbocycles. The Morgan fingerprint density at radius 2 is 1.91 bits per heavy atom. The smallest absolute Gasteiger partial charge is 0.123 e. The van der Waals surface area contributed by atoms with Gasteiger partial charge in [0.2, 0.25) is 0 Å². The maximum Gasteiger partial charge on any atom is 0.123 e. The van der Waals surface area contributed by atoms with E-state index in [-0.39, 0.29) is 5.82 Å². The fourth-order valence-electron chi connectivity index (χ4n) is 2.83. The zero-order valence-electron chi connectivity index (χ0n) is 12.2. The van der Waals surface area contributed by atoms with E-state index in [0.717, 1.165) is 34.5 Å². The number of nitrogens with one attached hydrogen (secondary N) is 1. The number of aliphatic hydroxyl groups is 1. The second-order valence-corrected chi connectivity index (χ2v) is 5.80. The van der Waals surface area contributed by atoms with Gasteiger partial charge in [0.15, 0.2) is 0 Å². The van der Waals surface area contributed by atoms with Crippen LogP contribution in [-0.4, -0.2) is 5.11 Å². The number of halogens is 2. The van der Waals surface area contributed by atoms with Gasteiger partial charge in [-0.05, 0) is 42.2 Å². The van der Waals surface area contributed by atoms with Crippen molar-refractivity contribution in [2.24, 2.45) is 0 Å². The van der Waals surface area contributed by atoms with Crippen LogP contribution in [0, 0.1) is 5.82 Å². The highest BCUT2D eigenvalue weighted by atomic mass is 35.5. The van der Waals surface area contributed by atoms with Crippen LogP contribution in [0.1, 0.15) is 30.6 Å². The fourth-order valence-corrected chi connectivity index (χ4v) is 3.05. The first-order valence-corrected chi connectivity index (χ1v) is 7.67. The molecule has 0 saturated carbocycles. The molecule has 4 heteroatoms. The summed E-state index contributed by atoms with van der Waals surface area (Å²) >= 11 is 6.22. The van der Waals surface area contributed by atoms with Crippen LogP contribution in [0.15, 0.2) is 53.7 Å². The summed E-state index contributed by atoms with van der Waals surface area (Å²) in [5.74, 6) is -0.257. The number of aliphatic hydroxyl groups excluding tert-OH is 1. The molecule has 0 bridgehead atoms. The highest BCUT2D eigenvalue weighted by molar-refractivity contribution is 6.33. The van der Waals surface area contributed by atoms with Crippen molar-refractivity contribution in [3.05, 3.63) is 75.7 Å². The lowest BCUT2D eigenvalue weighted by Gasteiger charge is -2.29. The lowest BCUT2D eigenvalue weighted by molar-refractivity contribution is 0.210. The number of fused-ring (bicyclic) bond motifs is 1. The molecule has 0 saturated heterocycles. The van der Waals surface area contributed by atoms with Crippen molar-refractivity contribution in [1.82, 2.24) is 0 Å². The van der Waals surface area contributed by atoms with E-state index in [1.165, 1.54) is 12.1 Å². The maximum absolute atomic E-state index is 13.0. The zero-order valence-corrected chi connectivity index (χ0v) is 13.0. The second kappa shape index (κ2) is 6.11. The fraction of sp³-hybridized carbons (Fsp3) is 0.222. The van der Waals surface area contributed by atoms with Crippen molar-refractivity contribution in [3.8, 4) is 0 Å². The molecule has 3 rings (SSSR count). The molecule has 1 atom stereocenters. The number of hydrogen-bond acceptors (Lipinski definition) is 2. The topological polar surface area (TPSA) is 32.3 Å². The monoisotopic (exact) mass is 317 g/mol. The Morgan fingerprint density at radius 3 is 2.59 bits per heavy atom.